The Kier molecular flexibility index (Phi) is 4.34. The van der Waals surface area contributed by atoms with Gasteiger partial charge in [-0.05, 0) is 37.6 Å². The lowest BCUT2D eigenvalue weighted by Gasteiger charge is -2.15. The molecule has 5 heteroatoms. The summed E-state index contributed by atoms with van der Waals surface area (Å²) in [6.45, 7) is 1.97. The third-order valence-electron chi connectivity index (χ3n) is 3.39. The first-order valence-electron chi connectivity index (χ1n) is 7.39. The van der Waals surface area contributed by atoms with Crippen LogP contribution in [0.15, 0.2) is 59.4 Å². The molecule has 1 aromatic carbocycles. The van der Waals surface area contributed by atoms with Crippen molar-refractivity contribution >= 4 is 11.7 Å². The van der Waals surface area contributed by atoms with E-state index >= 15 is 0 Å². The van der Waals surface area contributed by atoms with Gasteiger partial charge in [-0.25, -0.2) is 9.98 Å². The minimum Gasteiger partial charge on any atom is -0.452 e. The van der Waals surface area contributed by atoms with Gasteiger partial charge in [0.2, 0.25) is 0 Å². The van der Waals surface area contributed by atoms with E-state index in [4.69, 9.17) is 10.00 Å². The molecule has 3 rings (SSSR count). The van der Waals surface area contributed by atoms with Gasteiger partial charge in [0.1, 0.15) is 17.7 Å². The molecule has 0 radical (unpaired) electrons. The fourth-order valence-electron chi connectivity index (χ4n) is 2.29. The summed E-state index contributed by atoms with van der Waals surface area (Å²) in [4.78, 5) is 8.81. The number of aromatic nitrogens is 1. The molecule has 1 aromatic heterocycles. The summed E-state index contributed by atoms with van der Waals surface area (Å²) in [6, 6.07) is 12.9. The van der Waals surface area contributed by atoms with Crippen molar-refractivity contribution in [2.75, 3.05) is 5.32 Å². The molecule has 1 aliphatic heterocycles. The molecule has 0 bridgehead atoms. The van der Waals surface area contributed by atoms with Crippen LogP contribution in [0.4, 0.5) is 5.82 Å². The summed E-state index contributed by atoms with van der Waals surface area (Å²) in [5.41, 5.74) is 1.48. The van der Waals surface area contributed by atoms with E-state index in [1.807, 2.05) is 19.1 Å². The van der Waals surface area contributed by atoms with Crippen LogP contribution in [-0.4, -0.2) is 10.8 Å². The highest BCUT2D eigenvalue weighted by Gasteiger charge is 2.12. The first kappa shape index (κ1) is 14.8. The highest BCUT2D eigenvalue weighted by atomic mass is 16.5. The van der Waals surface area contributed by atoms with Crippen molar-refractivity contribution in [1.29, 1.82) is 5.26 Å². The van der Waals surface area contributed by atoms with Crippen molar-refractivity contribution in [2.45, 2.75) is 19.8 Å². The average Bonchev–Trinajstić information content (AvgIpc) is 2.57. The summed E-state index contributed by atoms with van der Waals surface area (Å²) < 4.78 is 5.88. The van der Waals surface area contributed by atoms with E-state index in [1.54, 1.807) is 30.5 Å². The molecule has 114 valence electrons. The zero-order valence-corrected chi connectivity index (χ0v) is 12.8. The van der Waals surface area contributed by atoms with Crippen LogP contribution in [0, 0.1) is 11.3 Å². The summed E-state index contributed by atoms with van der Waals surface area (Å²) in [5, 5.41) is 12.4. The number of para-hydroxylation sites is 1. The Morgan fingerprint density at radius 1 is 1.17 bits per heavy atom. The number of nitriles is 1. The van der Waals surface area contributed by atoms with Crippen LogP contribution in [0.1, 0.15) is 25.3 Å². The Hall–Kier alpha value is -3.13. The minimum absolute atomic E-state index is 0.482. The average molecular weight is 304 g/mol. The lowest BCUT2D eigenvalue weighted by molar-refractivity contribution is 0.481. The number of anilines is 1. The van der Waals surface area contributed by atoms with Crippen LogP contribution in [-0.2, 0) is 0 Å². The molecule has 2 heterocycles. The van der Waals surface area contributed by atoms with Crippen LogP contribution in [0.5, 0.6) is 11.5 Å². The summed E-state index contributed by atoms with van der Waals surface area (Å²) in [6.07, 6.45) is 5.59. The van der Waals surface area contributed by atoms with Crippen LogP contribution in [0.3, 0.4) is 0 Å². The Labute approximate surface area is 135 Å². The highest BCUT2D eigenvalue weighted by Crippen LogP contribution is 2.30. The van der Waals surface area contributed by atoms with Crippen molar-refractivity contribution in [3.05, 3.63) is 59.9 Å². The number of amidine groups is 1. The fraction of sp³-hybridized carbons (Fsp3) is 0.167. The van der Waals surface area contributed by atoms with E-state index in [0.717, 1.165) is 24.4 Å². The molecule has 2 aromatic rings. The topological polar surface area (TPSA) is 70.3 Å². The van der Waals surface area contributed by atoms with E-state index in [1.165, 1.54) is 0 Å². The normalized spacial score (nSPS) is 13.6. The van der Waals surface area contributed by atoms with Gasteiger partial charge in [-0.2, -0.15) is 5.26 Å². The molecule has 1 N–H and O–H groups in total. The predicted octanol–water partition coefficient (Wildman–Crippen LogP) is 4.25. The van der Waals surface area contributed by atoms with Gasteiger partial charge >= 0.3 is 0 Å². The Morgan fingerprint density at radius 2 is 2.00 bits per heavy atom. The van der Waals surface area contributed by atoms with E-state index in [2.05, 4.69) is 27.4 Å². The van der Waals surface area contributed by atoms with Gasteiger partial charge in [0.05, 0.1) is 5.56 Å². The second kappa shape index (κ2) is 6.75. The molecule has 23 heavy (non-hydrogen) atoms. The molecule has 0 saturated carbocycles. The Morgan fingerprint density at radius 3 is 2.83 bits per heavy atom. The zero-order valence-electron chi connectivity index (χ0n) is 12.8. The Balaban J connectivity index is 1.87. The van der Waals surface area contributed by atoms with E-state index in [0.29, 0.717) is 22.9 Å². The predicted molar refractivity (Wildman–Crippen MR) is 89.5 cm³/mol. The minimum atomic E-state index is 0.482. The number of nitrogens with zero attached hydrogens (tertiary/aromatic N) is 3. The van der Waals surface area contributed by atoms with Crippen LogP contribution in [0.2, 0.25) is 0 Å². The maximum absolute atomic E-state index is 9.17. The molecular formula is C18H16N4O. The number of aliphatic imine (C=N–C) groups is 1. The maximum Gasteiger partial charge on any atom is 0.174 e. The fourth-order valence-corrected chi connectivity index (χ4v) is 2.29. The molecule has 0 saturated heterocycles. The second-order valence-electron chi connectivity index (χ2n) is 5.13. The number of rotatable bonds is 3. The molecule has 0 fully saturated rings. The molecule has 0 amide bonds. The summed E-state index contributed by atoms with van der Waals surface area (Å²) >= 11 is 0. The van der Waals surface area contributed by atoms with Crippen LogP contribution < -0.4 is 10.1 Å². The first-order valence-corrected chi connectivity index (χ1v) is 7.39. The monoisotopic (exact) mass is 304 g/mol. The molecule has 5 nitrogen and oxygen atoms in total. The van der Waals surface area contributed by atoms with E-state index in [9.17, 15) is 0 Å². The van der Waals surface area contributed by atoms with Crippen molar-refractivity contribution in [3.63, 3.8) is 0 Å². The van der Waals surface area contributed by atoms with Gasteiger partial charge in [-0.3, -0.25) is 0 Å². The number of benzene rings is 1. The molecular weight excluding hydrogens is 288 g/mol. The molecule has 1 aliphatic rings. The largest absolute Gasteiger partial charge is 0.452 e. The van der Waals surface area contributed by atoms with Crippen molar-refractivity contribution in [1.82, 2.24) is 4.98 Å². The number of hydrogen-bond donors (Lipinski definition) is 1. The third kappa shape index (κ3) is 3.55. The second-order valence-corrected chi connectivity index (χ2v) is 5.13. The molecule has 0 spiro atoms. The van der Waals surface area contributed by atoms with Crippen molar-refractivity contribution < 1.29 is 4.74 Å². The standard InChI is InChI=1S/C18H16N4O/c1-13-6-4-10-17(21-13)22-18-16(9-5-11-20-18)23-15-8-3-2-7-14(15)12-19/h2-3,5-9,11H,4,10H2,1H3,(H,20,21,22). The Bertz CT molecular complexity index is 818. The van der Waals surface area contributed by atoms with Gasteiger partial charge in [0, 0.05) is 18.3 Å². The van der Waals surface area contributed by atoms with Gasteiger partial charge in [-0.1, -0.05) is 18.2 Å². The third-order valence-corrected chi connectivity index (χ3v) is 3.39. The van der Waals surface area contributed by atoms with E-state index < -0.39 is 0 Å². The molecule has 0 aliphatic carbocycles. The zero-order chi connectivity index (χ0) is 16.1. The van der Waals surface area contributed by atoms with Crippen LogP contribution in [0.25, 0.3) is 0 Å². The van der Waals surface area contributed by atoms with E-state index in [-0.39, 0.29) is 0 Å². The quantitative estimate of drug-likeness (QED) is 0.920. The first-order chi connectivity index (χ1) is 11.3. The summed E-state index contributed by atoms with van der Waals surface area (Å²) in [7, 11) is 0. The van der Waals surface area contributed by atoms with Gasteiger partial charge in [0.25, 0.3) is 0 Å². The lowest BCUT2D eigenvalue weighted by Crippen LogP contribution is -2.15. The van der Waals surface area contributed by atoms with Gasteiger partial charge < -0.3 is 10.1 Å². The number of nitrogens with one attached hydrogen (secondary N) is 1. The van der Waals surface area contributed by atoms with Gasteiger partial charge in [-0.15, -0.1) is 0 Å². The maximum atomic E-state index is 9.17. The molecule has 0 atom stereocenters. The smallest absolute Gasteiger partial charge is 0.174 e. The number of hydrogen-bond acceptors (Lipinski definition) is 5. The number of allylic oxidation sites excluding steroid dienone is 2. The van der Waals surface area contributed by atoms with Crippen molar-refractivity contribution in [3.8, 4) is 17.6 Å². The SMILES string of the molecule is CC1=CCCC(Nc2ncccc2Oc2ccccc2C#N)=N1. The number of pyridine rings is 1. The molecule has 0 unspecified atom stereocenters. The highest BCUT2D eigenvalue weighted by molar-refractivity contribution is 5.96. The van der Waals surface area contributed by atoms with Crippen LogP contribution >= 0.6 is 0 Å². The summed E-state index contributed by atoms with van der Waals surface area (Å²) in [5.74, 6) is 2.52. The number of ether oxygens (including phenoxy) is 1. The lowest BCUT2D eigenvalue weighted by atomic mass is 10.2. The van der Waals surface area contributed by atoms with Gasteiger partial charge in [0.15, 0.2) is 11.6 Å². The van der Waals surface area contributed by atoms with Crippen molar-refractivity contribution in [2.24, 2.45) is 4.99 Å².